The predicted molar refractivity (Wildman–Crippen MR) is 79.5 cm³/mol. The van der Waals surface area contributed by atoms with Crippen molar-refractivity contribution in [3.8, 4) is 11.3 Å². The SMILES string of the molecule is Cc1ccc2c(c1)-c1nc(CNCC3CC3)sc1C2. The summed E-state index contributed by atoms with van der Waals surface area (Å²) in [5.41, 5.74) is 5.37. The Balaban J connectivity index is 1.54. The fourth-order valence-corrected chi connectivity index (χ4v) is 3.82. The summed E-state index contributed by atoms with van der Waals surface area (Å²) in [5, 5.41) is 4.78. The molecule has 1 heterocycles. The number of thiazole rings is 1. The van der Waals surface area contributed by atoms with Crippen molar-refractivity contribution in [2.24, 2.45) is 5.92 Å². The lowest BCUT2D eigenvalue weighted by atomic mass is 10.1. The van der Waals surface area contributed by atoms with E-state index in [2.05, 4.69) is 30.4 Å². The number of nitrogens with one attached hydrogen (secondary N) is 1. The van der Waals surface area contributed by atoms with E-state index < -0.39 is 0 Å². The Kier molecular flexibility index (Phi) is 2.71. The normalized spacial score (nSPS) is 16.5. The van der Waals surface area contributed by atoms with Gasteiger partial charge in [0.2, 0.25) is 0 Å². The third kappa shape index (κ3) is 2.21. The van der Waals surface area contributed by atoms with E-state index in [9.17, 15) is 0 Å². The van der Waals surface area contributed by atoms with Crippen molar-refractivity contribution >= 4 is 11.3 Å². The third-order valence-electron chi connectivity index (χ3n) is 4.02. The molecule has 19 heavy (non-hydrogen) atoms. The number of hydrogen-bond acceptors (Lipinski definition) is 3. The third-order valence-corrected chi connectivity index (χ3v) is 5.07. The molecule has 2 aliphatic rings. The maximum absolute atomic E-state index is 4.85. The Bertz CT molecular complexity index is 626. The zero-order valence-electron chi connectivity index (χ0n) is 11.2. The molecule has 0 atom stereocenters. The van der Waals surface area contributed by atoms with Crippen LogP contribution in [0.1, 0.15) is 33.9 Å². The summed E-state index contributed by atoms with van der Waals surface area (Å²) >= 11 is 1.88. The van der Waals surface area contributed by atoms with Gasteiger partial charge in [0.1, 0.15) is 5.01 Å². The van der Waals surface area contributed by atoms with Gasteiger partial charge in [0.15, 0.2) is 0 Å². The van der Waals surface area contributed by atoms with Crippen molar-refractivity contribution in [3.05, 3.63) is 39.2 Å². The van der Waals surface area contributed by atoms with Gasteiger partial charge in [0.25, 0.3) is 0 Å². The van der Waals surface area contributed by atoms with Gasteiger partial charge in [-0.25, -0.2) is 4.98 Å². The molecule has 1 aromatic carbocycles. The van der Waals surface area contributed by atoms with Crippen molar-refractivity contribution in [1.29, 1.82) is 0 Å². The summed E-state index contributed by atoms with van der Waals surface area (Å²) in [4.78, 5) is 6.29. The molecule has 0 radical (unpaired) electrons. The minimum Gasteiger partial charge on any atom is -0.310 e. The molecule has 0 aliphatic heterocycles. The summed E-state index contributed by atoms with van der Waals surface area (Å²) in [6.45, 7) is 4.26. The molecule has 1 saturated carbocycles. The van der Waals surface area contributed by atoms with Crippen molar-refractivity contribution in [2.75, 3.05) is 6.54 Å². The Morgan fingerprint density at radius 2 is 2.26 bits per heavy atom. The summed E-state index contributed by atoms with van der Waals surface area (Å²) in [6.07, 6.45) is 3.90. The number of fused-ring (bicyclic) bond motifs is 3. The van der Waals surface area contributed by atoms with Crippen LogP contribution in [-0.2, 0) is 13.0 Å². The van der Waals surface area contributed by atoms with E-state index in [4.69, 9.17) is 4.98 Å². The van der Waals surface area contributed by atoms with Gasteiger partial charge in [0.05, 0.1) is 5.69 Å². The summed E-state index contributed by atoms with van der Waals surface area (Å²) in [7, 11) is 0. The first-order chi connectivity index (χ1) is 9.29. The van der Waals surface area contributed by atoms with Crippen LogP contribution in [0.25, 0.3) is 11.3 Å². The van der Waals surface area contributed by atoms with Gasteiger partial charge in [0, 0.05) is 23.4 Å². The van der Waals surface area contributed by atoms with Gasteiger partial charge in [-0.05, 0) is 43.9 Å². The van der Waals surface area contributed by atoms with E-state index in [0.29, 0.717) is 0 Å². The van der Waals surface area contributed by atoms with Crippen LogP contribution in [0.15, 0.2) is 18.2 Å². The fraction of sp³-hybridized carbons (Fsp3) is 0.438. The molecule has 3 heteroatoms. The standard InChI is InChI=1S/C16H18N2S/c1-10-2-5-12-7-14-16(13(12)6-10)18-15(19-14)9-17-8-11-3-4-11/h2,5-6,11,17H,3-4,7-9H2,1H3. The van der Waals surface area contributed by atoms with Gasteiger partial charge in [-0.15, -0.1) is 11.3 Å². The topological polar surface area (TPSA) is 24.9 Å². The average Bonchev–Trinajstić information content (AvgIpc) is 3.03. The fourth-order valence-electron chi connectivity index (χ4n) is 2.75. The monoisotopic (exact) mass is 270 g/mol. The first-order valence-corrected chi connectivity index (χ1v) is 7.90. The number of rotatable bonds is 4. The van der Waals surface area contributed by atoms with Gasteiger partial charge in [-0.2, -0.15) is 0 Å². The second kappa shape index (κ2) is 4.43. The second-order valence-corrected chi connectivity index (χ2v) is 6.96. The number of nitrogens with zero attached hydrogens (tertiary/aromatic N) is 1. The molecule has 2 nitrogen and oxygen atoms in total. The summed E-state index contributed by atoms with van der Waals surface area (Å²) < 4.78 is 0. The molecule has 1 aromatic heterocycles. The molecule has 98 valence electrons. The second-order valence-electron chi connectivity index (χ2n) is 5.79. The predicted octanol–water partition coefficient (Wildman–Crippen LogP) is 3.52. The molecule has 0 amide bonds. The first kappa shape index (κ1) is 11.6. The highest BCUT2D eigenvalue weighted by atomic mass is 32.1. The lowest BCUT2D eigenvalue weighted by molar-refractivity contribution is 0.637. The Labute approximate surface area is 117 Å². The Hall–Kier alpha value is -1.19. The van der Waals surface area contributed by atoms with Crippen molar-refractivity contribution in [3.63, 3.8) is 0 Å². The lowest BCUT2D eigenvalue weighted by Crippen LogP contribution is -2.15. The smallest absolute Gasteiger partial charge is 0.107 e. The van der Waals surface area contributed by atoms with Crippen molar-refractivity contribution < 1.29 is 0 Å². The summed E-state index contributed by atoms with van der Waals surface area (Å²) in [5.74, 6) is 0.940. The van der Waals surface area contributed by atoms with Crippen LogP contribution in [0.4, 0.5) is 0 Å². The highest BCUT2D eigenvalue weighted by Crippen LogP contribution is 2.39. The van der Waals surface area contributed by atoms with E-state index in [-0.39, 0.29) is 0 Å². The average molecular weight is 270 g/mol. The van der Waals surface area contributed by atoms with Crippen LogP contribution in [0.3, 0.4) is 0 Å². The minimum atomic E-state index is 0.940. The number of aromatic nitrogens is 1. The molecule has 0 saturated heterocycles. The highest BCUT2D eigenvalue weighted by Gasteiger charge is 2.24. The quantitative estimate of drug-likeness (QED) is 0.784. The zero-order chi connectivity index (χ0) is 12.8. The van der Waals surface area contributed by atoms with Crippen LogP contribution in [0, 0.1) is 12.8 Å². The Morgan fingerprint density at radius 1 is 1.37 bits per heavy atom. The minimum absolute atomic E-state index is 0.940. The maximum atomic E-state index is 4.85. The van der Waals surface area contributed by atoms with Crippen LogP contribution in [0.5, 0.6) is 0 Å². The molecule has 2 aliphatic carbocycles. The van der Waals surface area contributed by atoms with E-state index in [1.807, 2.05) is 11.3 Å². The van der Waals surface area contributed by atoms with Gasteiger partial charge < -0.3 is 5.32 Å². The summed E-state index contributed by atoms with van der Waals surface area (Å²) in [6, 6.07) is 6.74. The first-order valence-electron chi connectivity index (χ1n) is 7.09. The molecule has 4 rings (SSSR count). The molecular formula is C16H18N2S. The molecule has 0 bridgehead atoms. The number of hydrogen-bond donors (Lipinski definition) is 1. The largest absolute Gasteiger partial charge is 0.310 e. The lowest BCUT2D eigenvalue weighted by Gasteiger charge is -2.02. The van der Waals surface area contributed by atoms with E-state index >= 15 is 0 Å². The van der Waals surface area contributed by atoms with Gasteiger partial charge >= 0.3 is 0 Å². The van der Waals surface area contributed by atoms with Crippen molar-refractivity contribution in [1.82, 2.24) is 10.3 Å². The zero-order valence-corrected chi connectivity index (χ0v) is 12.0. The molecule has 2 aromatic rings. The van der Waals surface area contributed by atoms with E-state index in [1.54, 1.807) is 0 Å². The van der Waals surface area contributed by atoms with Crippen LogP contribution in [0.2, 0.25) is 0 Å². The molecular weight excluding hydrogens is 252 g/mol. The highest BCUT2D eigenvalue weighted by molar-refractivity contribution is 7.12. The maximum Gasteiger partial charge on any atom is 0.107 e. The van der Waals surface area contributed by atoms with Crippen LogP contribution >= 0.6 is 11.3 Å². The molecule has 1 fully saturated rings. The number of aryl methyl sites for hydroxylation is 1. The van der Waals surface area contributed by atoms with E-state index in [0.717, 1.165) is 18.9 Å². The van der Waals surface area contributed by atoms with Gasteiger partial charge in [-0.3, -0.25) is 0 Å². The molecule has 1 N–H and O–H groups in total. The van der Waals surface area contributed by atoms with Gasteiger partial charge in [-0.1, -0.05) is 17.7 Å². The van der Waals surface area contributed by atoms with Crippen LogP contribution in [-0.4, -0.2) is 11.5 Å². The van der Waals surface area contributed by atoms with Crippen molar-refractivity contribution in [2.45, 2.75) is 32.7 Å². The van der Waals surface area contributed by atoms with E-state index in [1.165, 1.54) is 51.7 Å². The molecule has 0 spiro atoms. The number of benzene rings is 1. The molecule has 0 unspecified atom stereocenters. The van der Waals surface area contributed by atoms with Crippen LogP contribution < -0.4 is 5.32 Å². The Morgan fingerprint density at radius 3 is 3.11 bits per heavy atom.